The van der Waals surface area contributed by atoms with Gasteiger partial charge >= 0.3 is 6.18 Å². The van der Waals surface area contributed by atoms with Crippen LogP contribution < -0.4 is 5.32 Å². The minimum absolute atomic E-state index is 0.0879. The molecule has 1 aliphatic rings. The van der Waals surface area contributed by atoms with Crippen LogP contribution in [0.2, 0.25) is 0 Å². The first kappa shape index (κ1) is 19.0. The lowest BCUT2D eigenvalue weighted by Crippen LogP contribution is -2.32. The Labute approximate surface area is 163 Å². The normalized spacial score (nSPS) is 13.7. The predicted octanol–water partition coefficient (Wildman–Crippen LogP) is 4.18. The van der Waals surface area contributed by atoms with Crippen molar-refractivity contribution < 1.29 is 22.4 Å². The first-order valence-corrected chi connectivity index (χ1v) is 8.87. The summed E-state index contributed by atoms with van der Waals surface area (Å²) in [4.78, 5) is 20.3. The number of hydrogen-bond donors (Lipinski definition) is 1. The number of nitrogens with zero attached hydrogens (tertiary/aromatic N) is 2. The third kappa shape index (κ3) is 3.96. The fourth-order valence-electron chi connectivity index (χ4n) is 3.48. The number of nitrogens with one attached hydrogen (secondary N) is 1. The lowest BCUT2D eigenvalue weighted by atomic mass is 9.93. The van der Waals surface area contributed by atoms with Gasteiger partial charge < -0.3 is 5.32 Å². The molecule has 1 aliphatic heterocycles. The van der Waals surface area contributed by atoms with Gasteiger partial charge in [-0.3, -0.25) is 14.8 Å². The highest BCUT2D eigenvalue weighted by molar-refractivity contribution is 5.98. The van der Waals surface area contributed by atoms with E-state index in [4.69, 9.17) is 0 Å². The highest BCUT2D eigenvalue weighted by atomic mass is 19.4. The molecule has 0 bridgehead atoms. The van der Waals surface area contributed by atoms with Gasteiger partial charge in [0.15, 0.2) is 0 Å². The molecule has 1 amide bonds. The maximum absolute atomic E-state index is 13.7. The van der Waals surface area contributed by atoms with Crippen LogP contribution in [-0.2, 0) is 19.0 Å². The van der Waals surface area contributed by atoms with Crippen molar-refractivity contribution in [2.24, 2.45) is 0 Å². The molecule has 1 aromatic carbocycles. The van der Waals surface area contributed by atoms with E-state index >= 15 is 0 Å². The van der Waals surface area contributed by atoms with Crippen LogP contribution in [0.5, 0.6) is 0 Å². The van der Waals surface area contributed by atoms with Gasteiger partial charge in [-0.2, -0.15) is 13.2 Å². The van der Waals surface area contributed by atoms with Crippen LogP contribution in [0.25, 0.3) is 11.1 Å². The maximum atomic E-state index is 13.7. The van der Waals surface area contributed by atoms with E-state index in [2.05, 4.69) is 15.3 Å². The fourth-order valence-corrected chi connectivity index (χ4v) is 3.48. The van der Waals surface area contributed by atoms with Crippen molar-refractivity contribution in [2.45, 2.75) is 19.0 Å². The van der Waals surface area contributed by atoms with Crippen molar-refractivity contribution in [3.05, 3.63) is 82.7 Å². The van der Waals surface area contributed by atoms with Gasteiger partial charge in [-0.05, 0) is 53.8 Å². The molecule has 148 valence electrons. The molecule has 0 fully saturated rings. The minimum atomic E-state index is -4.62. The zero-order chi connectivity index (χ0) is 20.6. The molecule has 4 nitrogen and oxygen atoms in total. The summed E-state index contributed by atoms with van der Waals surface area (Å²) in [5.74, 6) is -1.13. The standard InChI is InChI=1S/C21H15F4N3O/c22-16-6-12(5-15(7-16)21(23,24)25)3-13-4-14(9-26-8-13)18-10-27-11-19-17(18)1-2-28-20(19)29/h4-11H,1-3H2,(H,28,29). The SMILES string of the molecule is O=C1NCCc2c1cncc2-c1cncc(Cc2cc(F)cc(C(F)(F)F)c2)c1. The zero-order valence-corrected chi connectivity index (χ0v) is 15.1. The van der Waals surface area contributed by atoms with Crippen LogP contribution in [-0.4, -0.2) is 22.4 Å². The summed E-state index contributed by atoms with van der Waals surface area (Å²) in [6.07, 6.45) is 2.40. The van der Waals surface area contributed by atoms with Crippen molar-refractivity contribution in [3.63, 3.8) is 0 Å². The number of amides is 1. The second kappa shape index (κ2) is 7.27. The number of aromatic nitrogens is 2. The Morgan fingerprint density at radius 1 is 0.931 bits per heavy atom. The molecular formula is C21H15F4N3O. The quantitative estimate of drug-likeness (QED) is 0.670. The van der Waals surface area contributed by atoms with Gasteiger partial charge in [0.05, 0.1) is 11.1 Å². The summed E-state index contributed by atoms with van der Waals surface area (Å²) in [5, 5.41) is 2.76. The third-order valence-corrected chi connectivity index (χ3v) is 4.76. The van der Waals surface area contributed by atoms with E-state index in [1.165, 1.54) is 12.4 Å². The van der Waals surface area contributed by atoms with Crippen molar-refractivity contribution in [1.82, 2.24) is 15.3 Å². The number of benzene rings is 1. The lowest BCUT2D eigenvalue weighted by molar-refractivity contribution is -0.137. The number of alkyl halides is 3. The van der Waals surface area contributed by atoms with E-state index in [0.717, 1.165) is 23.3 Å². The molecule has 29 heavy (non-hydrogen) atoms. The van der Waals surface area contributed by atoms with Crippen LogP contribution in [0.3, 0.4) is 0 Å². The second-order valence-corrected chi connectivity index (χ2v) is 6.82. The van der Waals surface area contributed by atoms with Crippen molar-refractivity contribution in [3.8, 4) is 11.1 Å². The second-order valence-electron chi connectivity index (χ2n) is 6.82. The van der Waals surface area contributed by atoms with Crippen LogP contribution in [0.4, 0.5) is 17.6 Å². The Hall–Kier alpha value is -3.29. The molecule has 0 unspecified atom stereocenters. The zero-order valence-electron chi connectivity index (χ0n) is 15.1. The lowest BCUT2D eigenvalue weighted by Gasteiger charge is -2.19. The summed E-state index contributed by atoms with van der Waals surface area (Å²) < 4.78 is 52.5. The smallest absolute Gasteiger partial charge is 0.352 e. The van der Waals surface area contributed by atoms with Crippen LogP contribution in [0.15, 0.2) is 49.1 Å². The molecule has 2 aromatic heterocycles. The van der Waals surface area contributed by atoms with Crippen LogP contribution in [0.1, 0.15) is 32.6 Å². The molecule has 8 heteroatoms. The van der Waals surface area contributed by atoms with Crippen LogP contribution >= 0.6 is 0 Å². The Balaban J connectivity index is 1.69. The summed E-state index contributed by atoms with van der Waals surface area (Å²) in [6, 6.07) is 4.27. The summed E-state index contributed by atoms with van der Waals surface area (Å²) in [5.41, 5.74) is 2.61. The molecule has 0 spiro atoms. The Morgan fingerprint density at radius 2 is 1.69 bits per heavy atom. The van der Waals surface area contributed by atoms with Gasteiger partial charge in [0.1, 0.15) is 5.82 Å². The van der Waals surface area contributed by atoms with E-state index in [9.17, 15) is 22.4 Å². The van der Waals surface area contributed by atoms with E-state index in [1.807, 2.05) is 0 Å². The molecule has 0 radical (unpaired) electrons. The largest absolute Gasteiger partial charge is 0.416 e. The molecule has 3 heterocycles. The van der Waals surface area contributed by atoms with Crippen molar-refractivity contribution >= 4 is 5.91 Å². The summed E-state index contributed by atoms with van der Waals surface area (Å²) in [7, 11) is 0. The fraction of sp³-hybridized carbons (Fsp3) is 0.190. The first-order chi connectivity index (χ1) is 13.8. The van der Waals surface area contributed by atoms with Gasteiger partial charge in [0.2, 0.25) is 0 Å². The highest BCUT2D eigenvalue weighted by Crippen LogP contribution is 2.32. The predicted molar refractivity (Wildman–Crippen MR) is 97.7 cm³/mol. The average molecular weight is 401 g/mol. The number of hydrogen-bond acceptors (Lipinski definition) is 3. The number of carbonyl (C=O) groups excluding carboxylic acids is 1. The average Bonchev–Trinajstić information content (AvgIpc) is 2.67. The minimum Gasteiger partial charge on any atom is -0.352 e. The highest BCUT2D eigenvalue weighted by Gasteiger charge is 2.31. The number of rotatable bonds is 3. The number of fused-ring (bicyclic) bond motifs is 1. The van der Waals surface area contributed by atoms with Gasteiger partial charge in [-0.15, -0.1) is 0 Å². The van der Waals surface area contributed by atoms with E-state index in [1.54, 1.807) is 18.5 Å². The number of carbonyl (C=O) groups is 1. The summed E-state index contributed by atoms with van der Waals surface area (Å²) >= 11 is 0. The van der Waals surface area contributed by atoms with E-state index in [0.29, 0.717) is 35.7 Å². The molecular weight excluding hydrogens is 386 g/mol. The maximum Gasteiger partial charge on any atom is 0.416 e. The Morgan fingerprint density at radius 3 is 2.48 bits per heavy atom. The monoisotopic (exact) mass is 401 g/mol. The number of pyridine rings is 2. The van der Waals surface area contributed by atoms with Gasteiger partial charge in [-0.1, -0.05) is 0 Å². The Bertz CT molecular complexity index is 1100. The van der Waals surface area contributed by atoms with Gasteiger partial charge in [0, 0.05) is 42.5 Å². The molecule has 1 N–H and O–H groups in total. The van der Waals surface area contributed by atoms with Crippen molar-refractivity contribution in [1.29, 1.82) is 0 Å². The molecule has 0 aliphatic carbocycles. The van der Waals surface area contributed by atoms with Gasteiger partial charge in [0.25, 0.3) is 5.91 Å². The van der Waals surface area contributed by atoms with E-state index in [-0.39, 0.29) is 17.9 Å². The van der Waals surface area contributed by atoms with E-state index < -0.39 is 17.6 Å². The molecule has 0 saturated heterocycles. The number of halogens is 4. The molecule has 0 saturated carbocycles. The molecule has 4 rings (SSSR count). The van der Waals surface area contributed by atoms with Crippen molar-refractivity contribution in [2.75, 3.05) is 6.54 Å². The summed E-state index contributed by atoms with van der Waals surface area (Å²) in [6.45, 7) is 0.513. The first-order valence-electron chi connectivity index (χ1n) is 8.87. The topological polar surface area (TPSA) is 54.9 Å². The van der Waals surface area contributed by atoms with Gasteiger partial charge in [-0.25, -0.2) is 4.39 Å². The van der Waals surface area contributed by atoms with Crippen LogP contribution in [0, 0.1) is 5.82 Å². The molecule has 0 atom stereocenters. The Kier molecular flexibility index (Phi) is 4.77. The third-order valence-electron chi connectivity index (χ3n) is 4.76. The molecule has 3 aromatic rings.